The van der Waals surface area contributed by atoms with Crippen LogP contribution in [-0.4, -0.2) is 23.1 Å². The van der Waals surface area contributed by atoms with Gasteiger partial charge >= 0.3 is 12.0 Å². The van der Waals surface area contributed by atoms with Crippen molar-refractivity contribution in [1.29, 1.82) is 0 Å². The zero-order valence-electron chi connectivity index (χ0n) is 11.9. The Hall–Kier alpha value is -1.56. The van der Waals surface area contributed by atoms with E-state index in [1.165, 1.54) is 0 Å². The minimum atomic E-state index is -0.765. The van der Waals surface area contributed by atoms with E-state index in [4.69, 9.17) is 5.11 Å². The minimum Gasteiger partial charge on any atom is -0.481 e. The third-order valence-corrected chi connectivity index (χ3v) is 3.95. The molecule has 0 radical (unpaired) electrons. The lowest BCUT2D eigenvalue weighted by Gasteiger charge is -2.15. The fraction of sp³-hybridized carbons (Fsp3) is 0.571. The summed E-state index contributed by atoms with van der Waals surface area (Å²) < 4.78 is 0. The van der Waals surface area contributed by atoms with Gasteiger partial charge in [-0.15, -0.1) is 11.3 Å². The molecule has 0 bridgehead atoms. The van der Waals surface area contributed by atoms with Crippen LogP contribution in [0.4, 0.5) is 4.79 Å². The van der Waals surface area contributed by atoms with E-state index in [1.807, 2.05) is 24.4 Å². The Balaban J connectivity index is 2.13. The molecule has 5 nitrogen and oxygen atoms in total. The van der Waals surface area contributed by atoms with Crippen LogP contribution in [0.3, 0.4) is 0 Å². The fourth-order valence-corrected chi connectivity index (χ4v) is 2.43. The van der Waals surface area contributed by atoms with Gasteiger partial charge in [-0.25, -0.2) is 4.79 Å². The van der Waals surface area contributed by atoms with E-state index in [0.29, 0.717) is 13.0 Å². The predicted octanol–water partition coefficient (Wildman–Crippen LogP) is 2.83. The van der Waals surface area contributed by atoms with Gasteiger partial charge < -0.3 is 15.7 Å². The van der Waals surface area contributed by atoms with E-state index in [1.54, 1.807) is 18.3 Å². The first kappa shape index (κ1) is 16.5. The molecule has 3 N–H and O–H groups in total. The van der Waals surface area contributed by atoms with Crippen molar-refractivity contribution in [2.75, 3.05) is 0 Å². The molecule has 112 valence electrons. The number of hydrogen-bond acceptors (Lipinski definition) is 3. The summed E-state index contributed by atoms with van der Waals surface area (Å²) in [4.78, 5) is 23.4. The molecule has 2 amide bonds. The predicted molar refractivity (Wildman–Crippen MR) is 79.8 cm³/mol. The van der Waals surface area contributed by atoms with Crippen LogP contribution >= 0.6 is 11.3 Å². The number of carbonyl (C=O) groups excluding carboxylic acids is 1. The van der Waals surface area contributed by atoms with E-state index in [-0.39, 0.29) is 18.0 Å². The molecule has 0 aliphatic carbocycles. The lowest BCUT2D eigenvalue weighted by molar-refractivity contribution is -0.141. The average molecular weight is 298 g/mol. The zero-order valence-corrected chi connectivity index (χ0v) is 12.7. The van der Waals surface area contributed by atoms with Crippen LogP contribution in [0.15, 0.2) is 17.5 Å². The van der Waals surface area contributed by atoms with Gasteiger partial charge in [-0.05, 0) is 31.2 Å². The summed E-state index contributed by atoms with van der Waals surface area (Å²) in [6.45, 7) is 4.16. The molecule has 6 heteroatoms. The van der Waals surface area contributed by atoms with Gasteiger partial charge in [0.1, 0.15) is 0 Å². The van der Waals surface area contributed by atoms with Gasteiger partial charge in [0, 0.05) is 10.9 Å². The van der Waals surface area contributed by atoms with Crippen molar-refractivity contribution >= 4 is 23.3 Å². The van der Waals surface area contributed by atoms with Gasteiger partial charge in [0.05, 0.1) is 12.5 Å². The van der Waals surface area contributed by atoms with Crippen molar-refractivity contribution in [2.24, 2.45) is 5.92 Å². The van der Waals surface area contributed by atoms with Crippen LogP contribution in [0.1, 0.15) is 38.0 Å². The highest BCUT2D eigenvalue weighted by Crippen LogP contribution is 2.10. The van der Waals surface area contributed by atoms with Crippen LogP contribution in [0, 0.1) is 5.92 Å². The normalized spacial score (nSPS) is 13.5. The second-order valence-electron chi connectivity index (χ2n) is 4.98. The van der Waals surface area contributed by atoms with Gasteiger partial charge in [-0.1, -0.05) is 19.4 Å². The van der Waals surface area contributed by atoms with Crippen molar-refractivity contribution in [2.45, 2.75) is 45.7 Å². The maximum atomic E-state index is 11.6. The molecule has 0 fully saturated rings. The molecular formula is C14H22N2O3S. The Morgan fingerprint density at radius 3 is 2.70 bits per heavy atom. The number of amides is 2. The number of carboxylic acid groups (broad SMARTS) is 1. The Morgan fingerprint density at radius 2 is 2.10 bits per heavy atom. The molecule has 0 saturated carbocycles. The summed E-state index contributed by atoms with van der Waals surface area (Å²) >= 11 is 1.61. The molecule has 1 aromatic heterocycles. The summed E-state index contributed by atoms with van der Waals surface area (Å²) in [6.07, 6.45) is 2.21. The Kier molecular flexibility index (Phi) is 7.08. The zero-order chi connectivity index (χ0) is 15.0. The van der Waals surface area contributed by atoms with E-state index in [2.05, 4.69) is 10.6 Å². The third-order valence-electron chi connectivity index (χ3n) is 3.08. The first-order chi connectivity index (χ1) is 9.49. The summed E-state index contributed by atoms with van der Waals surface area (Å²) in [5.74, 6) is -1.09. The molecule has 0 aliphatic heterocycles. The number of nitrogens with one attached hydrogen (secondary N) is 2. The SMILES string of the molecule is CC(CCCC(C)C(=O)O)NC(=O)NCc1cccs1. The standard InChI is InChI=1S/C14H22N2O3S/c1-10(13(17)18)5-3-6-11(2)16-14(19)15-9-12-7-4-8-20-12/h4,7-8,10-11H,3,5-6,9H2,1-2H3,(H,17,18)(H2,15,16,19). The largest absolute Gasteiger partial charge is 0.481 e. The highest BCUT2D eigenvalue weighted by atomic mass is 32.1. The van der Waals surface area contributed by atoms with Crippen LogP contribution in [0.25, 0.3) is 0 Å². The van der Waals surface area contributed by atoms with E-state index < -0.39 is 5.97 Å². The quantitative estimate of drug-likeness (QED) is 0.690. The number of thiophene rings is 1. The van der Waals surface area contributed by atoms with Crippen molar-refractivity contribution in [3.63, 3.8) is 0 Å². The summed E-state index contributed by atoms with van der Waals surface area (Å²) in [5, 5.41) is 16.4. The second kappa shape index (κ2) is 8.58. The Morgan fingerprint density at radius 1 is 1.35 bits per heavy atom. The van der Waals surface area contributed by atoms with Gasteiger partial charge in [0.15, 0.2) is 0 Å². The van der Waals surface area contributed by atoms with Crippen LogP contribution in [0.2, 0.25) is 0 Å². The summed E-state index contributed by atoms with van der Waals surface area (Å²) in [7, 11) is 0. The maximum Gasteiger partial charge on any atom is 0.315 e. The molecular weight excluding hydrogens is 276 g/mol. The highest BCUT2D eigenvalue weighted by molar-refractivity contribution is 7.09. The van der Waals surface area contributed by atoms with E-state index in [0.717, 1.165) is 17.7 Å². The molecule has 20 heavy (non-hydrogen) atoms. The number of urea groups is 1. The Bertz CT molecular complexity index is 420. The number of carbonyl (C=O) groups is 2. The highest BCUT2D eigenvalue weighted by Gasteiger charge is 2.12. The topological polar surface area (TPSA) is 78.4 Å². The van der Waals surface area contributed by atoms with Crippen molar-refractivity contribution in [3.05, 3.63) is 22.4 Å². The lowest BCUT2D eigenvalue weighted by atomic mass is 10.0. The second-order valence-corrected chi connectivity index (χ2v) is 6.01. The molecule has 2 atom stereocenters. The van der Waals surface area contributed by atoms with Crippen molar-refractivity contribution in [1.82, 2.24) is 10.6 Å². The number of rotatable bonds is 8. The number of carboxylic acids is 1. The smallest absolute Gasteiger partial charge is 0.315 e. The van der Waals surface area contributed by atoms with E-state index >= 15 is 0 Å². The van der Waals surface area contributed by atoms with Gasteiger partial charge in [0.25, 0.3) is 0 Å². The maximum absolute atomic E-state index is 11.6. The van der Waals surface area contributed by atoms with Gasteiger partial charge in [-0.3, -0.25) is 4.79 Å². The third kappa shape index (κ3) is 6.56. The lowest BCUT2D eigenvalue weighted by Crippen LogP contribution is -2.40. The molecule has 0 aromatic carbocycles. The van der Waals surface area contributed by atoms with Crippen molar-refractivity contribution < 1.29 is 14.7 Å². The number of aliphatic carboxylic acids is 1. The summed E-state index contributed by atoms with van der Waals surface area (Å²) in [5.41, 5.74) is 0. The van der Waals surface area contributed by atoms with Gasteiger partial charge in [-0.2, -0.15) is 0 Å². The first-order valence-corrected chi connectivity index (χ1v) is 7.66. The van der Waals surface area contributed by atoms with Gasteiger partial charge in [0.2, 0.25) is 0 Å². The van der Waals surface area contributed by atoms with Crippen LogP contribution in [0.5, 0.6) is 0 Å². The fourth-order valence-electron chi connectivity index (χ4n) is 1.78. The molecule has 0 spiro atoms. The Labute approximate surface area is 123 Å². The van der Waals surface area contributed by atoms with Crippen LogP contribution in [-0.2, 0) is 11.3 Å². The molecule has 2 unspecified atom stereocenters. The summed E-state index contributed by atoms with van der Waals surface area (Å²) in [6, 6.07) is 3.78. The van der Waals surface area contributed by atoms with Crippen LogP contribution < -0.4 is 10.6 Å². The molecule has 1 aromatic rings. The molecule has 0 aliphatic rings. The average Bonchev–Trinajstić information content (AvgIpc) is 2.89. The van der Waals surface area contributed by atoms with Crippen molar-refractivity contribution in [3.8, 4) is 0 Å². The van der Waals surface area contributed by atoms with E-state index in [9.17, 15) is 9.59 Å². The minimum absolute atomic E-state index is 0.0410. The molecule has 0 saturated heterocycles. The number of hydrogen-bond donors (Lipinski definition) is 3. The molecule has 1 rings (SSSR count). The molecule has 1 heterocycles. The monoisotopic (exact) mass is 298 g/mol. The first-order valence-electron chi connectivity index (χ1n) is 6.78.